The van der Waals surface area contributed by atoms with Gasteiger partial charge in [-0.1, -0.05) is 18.7 Å². The Kier molecular flexibility index (Phi) is 3.39. The van der Waals surface area contributed by atoms with E-state index in [0.717, 1.165) is 23.0 Å². The standard InChI is InChI=1S/C20H16O5/c1-3-18(21)24-14-8-9-17-15(10-14)16-11-20(16,19(22)25-17)12-4-6-13(23-2)7-5-12/h3-10,16H,1,11H2,2H3. The van der Waals surface area contributed by atoms with Crippen LogP contribution < -0.4 is 14.2 Å². The highest BCUT2D eigenvalue weighted by molar-refractivity contribution is 5.93. The maximum atomic E-state index is 12.6. The van der Waals surface area contributed by atoms with Gasteiger partial charge in [-0.05, 0) is 42.3 Å². The van der Waals surface area contributed by atoms with Gasteiger partial charge in [0.2, 0.25) is 0 Å². The van der Waals surface area contributed by atoms with Crippen LogP contribution in [0, 0.1) is 0 Å². The minimum absolute atomic E-state index is 0.0135. The Morgan fingerprint density at radius 2 is 1.96 bits per heavy atom. The van der Waals surface area contributed by atoms with Crippen molar-refractivity contribution in [2.45, 2.75) is 17.8 Å². The van der Waals surface area contributed by atoms with Gasteiger partial charge in [-0.3, -0.25) is 4.79 Å². The summed E-state index contributed by atoms with van der Waals surface area (Å²) < 4.78 is 15.9. The third-order valence-corrected chi connectivity index (χ3v) is 4.87. The first-order chi connectivity index (χ1) is 12.1. The van der Waals surface area contributed by atoms with Crippen LogP contribution in [0.5, 0.6) is 17.2 Å². The Bertz CT molecular complexity index is 883. The number of esters is 2. The lowest BCUT2D eigenvalue weighted by atomic mass is 9.88. The molecular weight excluding hydrogens is 320 g/mol. The van der Waals surface area contributed by atoms with E-state index in [1.165, 1.54) is 0 Å². The fourth-order valence-electron chi connectivity index (χ4n) is 3.49. The Labute approximate surface area is 144 Å². The van der Waals surface area contributed by atoms with Gasteiger partial charge >= 0.3 is 11.9 Å². The molecule has 1 heterocycles. The van der Waals surface area contributed by atoms with Gasteiger partial charge in [-0.15, -0.1) is 0 Å². The molecule has 0 spiro atoms. The second-order valence-corrected chi connectivity index (χ2v) is 6.17. The van der Waals surface area contributed by atoms with E-state index in [-0.39, 0.29) is 11.9 Å². The highest BCUT2D eigenvalue weighted by atomic mass is 16.5. The maximum Gasteiger partial charge on any atom is 0.335 e. The number of fused-ring (bicyclic) bond motifs is 3. The lowest BCUT2D eigenvalue weighted by Crippen LogP contribution is -2.31. The molecule has 5 nitrogen and oxygen atoms in total. The van der Waals surface area contributed by atoms with Gasteiger partial charge in [-0.25, -0.2) is 4.79 Å². The Hall–Kier alpha value is -3.08. The first-order valence-electron chi connectivity index (χ1n) is 7.93. The van der Waals surface area contributed by atoms with Crippen LogP contribution in [-0.4, -0.2) is 19.0 Å². The van der Waals surface area contributed by atoms with Gasteiger partial charge in [0.15, 0.2) is 0 Å². The molecular formula is C20H16O5. The Morgan fingerprint density at radius 3 is 2.64 bits per heavy atom. The van der Waals surface area contributed by atoms with Crippen molar-refractivity contribution in [3.8, 4) is 17.2 Å². The van der Waals surface area contributed by atoms with Crippen molar-refractivity contribution in [3.63, 3.8) is 0 Å². The number of rotatable bonds is 4. The van der Waals surface area contributed by atoms with Crippen LogP contribution in [0.25, 0.3) is 0 Å². The van der Waals surface area contributed by atoms with E-state index < -0.39 is 11.4 Å². The number of hydrogen-bond acceptors (Lipinski definition) is 5. The summed E-state index contributed by atoms with van der Waals surface area (Å²) in [5, 5.41) is 0. The van der Waals surface area contributed by atoms with Crippen LogP contribution in [0.4, 0.5) is 0 Å². The summed E-state index contributed by atoms with van der Waals surface area (Å²) in [4.78, 5) is 24.0. The summed E-state index contributed by atoms with van der Waals surface area (Å²) in [6, 6.07) is 12.5. The maximum absolute atomic E-state index is 12.6. The Morgan fingerprint density at radius 1 is 1.24 bits per heavy atom. The summed E-state index contributed by atoms with van der Waals surface area (Å²) in [5.74, 6) is 0.920. The van der Waals surface area contributed by atoms with Crippen molar-refractivity contribution < 1.29 is 23.8 Å². The Balaban J connectivity index is 1.69. The molecule has 2 unspecified atom stereocenters. The molecule has 0 bridgehead atoms. The van der Waals surface area contributed by atoms with Crippen LogP contribution in [0.1, 0.15) is 23.5 Å². The molecule has 5 heteroatoms. The van der Waals surface area contributed by atoms with Gasteiger partial charge in [-0.2, -0.15) is 0 Å². The molecule has 2 aromatic rings. The predicted octanol–water partition coefficient (Wildman–Crippen LogP) is 3.13. The fourth-order valence-corrected chi connectivity index (χ4v) is 3.49. The normalized spacial score (nSPS) is 22.9. The first kappa shape index (κ1) is 15.4. The molecule has 2 atom stereocenters. The zero-order valence-electron chi connectivity index (χ0n) is 13.7. The highest BCUT2D eigenvalue weighted by Gasteiger charge is 2.66. The summed E-state index contributed by atoms with van der Waals surface area (Å²) in [7, 11) is 1.60. The highest BCUT2D eigenvalue weighted by Crippen LogP contribution is 2.65. The van der Waals surface area contributed by atoms with Crippen LogP contribution in [-0.2, 0) is 15.0 Å². The topological polar surface area (TPSA) is 61.8 Å². The van der Waals surface area contributed by atoms with Crippen LogP contribution in [0.15, 0.2) is 55.1 Å². The average Bonchev–Trinajstić information content (AvgIpc) is 3.40. The number of carbonyl (C=O) groups excluding carboxylic acids is 2. The van der Waals surface area contributed by atoms with E-state index in [1.54, 1.807) is 25.3 Å². The molecule has 1 fully saturated rings. The van der Waals surface area contributed by atoms with Gasteiger partial charge in [0.25, 0.3) is 0 Å². The summed E-state index contributed by atoms with van der Waals surface area (Å²) in [6.45, 7) is 3.39. The lowest BCUT2D eigenvalue weighted by Gasteiger charge is -2.24. The molecule has 1 aliphatic carbocycles. The molecule has 0 N–H and O–H groups in total. The first-order valence-corrected chi connectivity index (χ1v) is 7.93. The fraction of sp³-hybridized carbons (Fsp3) is 0.200. The second kappa shape index (κ2) is 5.48. The van der Waals surface area contributed by atoms with E-state index >= 15 is 0 Å². The van der Waals surface area contributed by atoms with Crippen LogP contribution in [0.2, 0.25) is 0 Å². The van der Waals surface area contributed by atoms with Gasteiger partial charge in [0, 0.05) is 17.6 Å². The molecule has 1 saturated carbocycles. The second-order valence-electron chi connectivity index (χ2n) is 6.17. The number of hydrogen-bond donors (Lipinski definition) is 0. The van der Waals surface area contributed by atoms with E-state index in [0.29, 0.717) is 17.9 Å². The molecule has 0 radical (unpaired) electrons. The predicted molar refractivity (Wildman–Crippen MR) is 89.9 cm³/mol. The minimum Gasteiger partial charge on any atom is -0.497 e. The van der Waals surface area contributed by atoms with E-state index in [9.17, 15) is 9.59 Å². The molecule has 0 amide bonds. The number of methoxy groups -OCH3 is 1. The molecule has 2 aromatic carbocycles. The largest absolute Gasteiger partial charge is 0.497 e. The molecule has 126 valence electrons. The number of carbonyl (C=O) groups is 2. The van der Waals surface area contributed by atoms with E-state index in [4.69, 9.17) is 14.2 Å². The van der Waals surface area contributed by atoms with Crippen molar-refractivity contribution >= 4 is 11.9 Å². The lowest BCUT2D eigenvalue weighted by molar-refractivity contribution is -0.138. The quantitative estimate of drug-likeness (QED) is 0.488. The van der Waals surface area contributed by atoms with E-state index in [1.807, 2.05) is 24.3 Å². The van der Waals surface area contributed by atoms with Crippen LogP contribution >= 0.6 is 0 Å². The number of benzene rings is 2. The van der Waals surface area contributed by atoms with Crippen molar-refractivity contribution in [1.29, 1.82) is 0 Å². The van der Waals surface area contributed by atoms with Crippen molar-refractivity contribution in [2.24, 2.45) is 0 Å². The summed E-state index contributed by atoms with van der Waals surface area (Å²) in [6.07, 6.45) is 1.78. The van der Waals surface area contributed by atoms with Crippen molar-refractivity contribution in [1.82, 2.24) is 0 Å². The molecule has 4 rings (SSSR count). The molecule has 2 aliphatic rings. The average molecular weight is 336 g/mol. The van der Waals surface area contributed by atoms with Gasteiger partial charge < -0.3 is 14.2 Å². The number of ether oxygens (including phenoxy) is 3. The zero-order chi connectivity index (χ0) is 17.6. The zero-order valence-corrected chi connectivity index (χ0v) is 13.7. The van der Waals surface area contributed by atoms with Crippen molar-refractivity contribution in [2.75, 3.05) is 7.11 Å². The molecule has 0 saturated heterocycles. The summed E-state index contributed by atoms with van der Waals surface area (Å²) in [5.41, 5.74) is 1.12. The smallest absolute Gasteiger partial charge is 0.335 e. The third kappa shape index (κ3) is 2.31. The van der Waals surface area contributed by atoms with E-state index in [2.05, 4.69) is 6.58 Å². The van der Waals surface area contributed by atoms with Gasteiger partial charge in [0.1, 0.15) is 22.7 Å². The summed E-state index contributed by atoms with van der Waals surface area (Å²) >= 11 is 0. The van der Waals surface area contributed by atoms with Crippen LogP contribution in [0.3, 0.4) is 0 Å². The molecule has 0 aromatic heterocycles. The molecule has 25 heavy (non-hydrogen) atoms. The monoisotopic (exact) mass is 336 g/mol. The third-order valence-electron chi connectivity index (χ3n) is 4.87. The minimum atomic E-state index is -0.666. The van der Waals surface area contributed by atoms with Gasteiger partial charge in [0.05, 0.1) is 7.11 Å². The van der Waals surface area contributed by atoms with Crippen molar-refractivity contribution in [3.05, 3.63) is 66.2 Å². The molecule has 1 aliphatic heterocycles. The SMILES string of the molecule is C=CC(=O)Oc1ccc2c(c1)C1CC1(c1ccc(OC)cc1)C(=O)O2.